The molecule has 0 amide bonds. The lowest BCUT2D eigenvalue weighted by Gasteiger charge is -1.89. The first-order valence-electron chi connectivity index (χ1n) is 3.10. The molecule has 0 radical (unpaired) electrons. The van der Waals surface area contributed by atoms with E-state index in [0.29, 0.717) is 0 Å². The van der Waals surface area contributed by atoms with Gasteiger partial charge in [-0.25, -0.2) is 9.59 Å². The molecule has 6 nitrogen and oxygen atoms in total. The summed E-state index contributed by atoms with van der Waals surface area (Å²) in [5.74, 6) is -2.37. The van der Waals surface area contributed by atoms with E-state index in [1.54, 1.807) is 0 Å². The first-order valence-corrected chi connectivity index (χ1v) is 3.10. The van der Waals surface area contributed by atoms with Crippen molar-refractivity contribution in [1.82, 2.24) is 0 Å². The molecule has 0 aliphatic heterocycles. The molecule has 6 heteroatoms. The SMILES string of the molecule is CC(O)C(=O)O.C[C@@H](O)C(=O)O. The number of hydrogen-bond donors (Lipinski definition) is 4. The van der Waals surface area contributed by atoms with Gasteiger partial charge in [0.2, 0.25) is 0 Å². The average molecular weight is 180 g/mol. The molecule has 12 heavy (non-hydrogen) atoms. The van der Waals surface area contributed by atoms with Crippen molar-refractivity contribution in [2.24, 2.45) is 0 Å². The van der Waals surface area contributed by atoms with Crippen LogP contribution in [0.5, 0.6) is 0 Å². The van der Waals surface area contributed by atoms with Crippen LogP contribution >= 0.6 is 0 Å². The maximum absolute atomic E-state index is 9.45. The summed E-state index contributed by atoms with van der Waals surface area (Å²) in [6.45, 7) is 2.39. The van der Waals surface area contributed by atoms with Gasteiger partial charge in [-0.1, -0.05) is 0 Å². The van der Waals surface area contributed by atoms with Crippen LogP contribution in [0.2, 0.25) is 0 Å². The van der Waals surface area contributed by atoms with E-state index in [4.69, 9.17) is 20.4 Å². The molecule has 1 unspecified atom stereocenters. The van der Waals surface area contributed by atoms with Crippen molar-refractivity contribution in [3.63, 3.8) is 0 Å². The van der Waals surface area contributed by atoms with E-state index in [1.807, 2.05) is 0 Å². The maximum Gasteiger partial charge on any atom is 0.332 e. The van der Waals surface area contributed by atoms with Crippen molar-refractivity contribution in [3.05, 3.63) is 0 Å². The molecule has 0 saturated heterocycles. The van der Waals surface area contributed by atoms with Crippen LogP contribution in [0.25, 0.3) is 0 Å². The summed E-state index contributed by atoms with van der Waals surface area (Å²) in [4.78, 5) is 18.9. The normalized spacial score (nSPS) is 13.7. The van der Waals surface area contributed by atoms with Gasteiger partial charge in [0.1, 0.15) is 12.2 Å². The van der Waals surface area contributed by atoms with E-state index in [9.17, 15) is 9.59 Å². The smallest absolute Gasteiger partial charge is 0.332 e. The molecular weight excluding hydrogens is 168 g/mol. The molecule has 72 valence electrons. The largest absolute Gasteiger partial charge is 0.479 e. The van der Waals surface area contributed by atoms with Gasteiger partial charge in [0.05, 0.1) is 0 Å². The van der Waals surface area contributed by atoms with E-state index in [1.165, 1.54) is 13.8 Å². The second-order valence-electron chi connectivity index (χ2n) is 2.03. The highest BCUT2D eigenvalue weighted by molar-refractivity contribution is 5.71. The van der Waals surface area contributed by atoms with Gasteiger partial charge in [-0.3, -0.25) is 0 Å². The standard InChI is InChI=1S/2C3H6O3/c2*1-2(4)3(5)6/h2*2,4H,1H3,(H,5,6)/t2-;/m1./s1. The number of aliphatic hydroxyl groups excluding tert-OH is 2. The van der Waals surface area contributed by atoms with E-state index in [-0.39, 0.29) is 0 Å². The summed E-state index contributed by atoms with van der Waals surface area (Å²) in [6, 6.07) is 0. The maximum atomic E-state index is 9.45. The van der Waals surface area contributed by atoms with Crippen LogP contribution < -0.4 is 0 Å². The second kappa shape index (κ2) is 6.56. The van der Waals surface area contributed by atoms with Gasteiger partial charge in [-0.15, -0.1) is 0 Å². The van der Waals surface area contributed by atoms with Gasteiger partial charge < -0.3 is 20.4 Å². The summed E-state index contributed by atoms with van der Waals surface area (Å²) in [5, 5.41) is 31.5. The third-order valence-electron chi connectivity index (χ3n) is 0.715. The number of aliphatic carboxylic acids is 2. The fourth-order valence-corrected chi connectivity index (χ4v) is 0. The predicted molar refractivity (Wildman–Crippen MR) is 38.6 cm³/mol. The van der Waals surface area contributed by atoms with Gasteiger partial charge in [0.25, 0.3) is 0 Å². The van der Waals surface area contributed by atoms with Crippen LogP contribution in [-0.2, 0) is 9.59 Å². The van der Waals surface area contributed by atoms with E-state index >= 15 is 0 Å². The number of hydrogen-bond acceptors (Lipinski definition) is 4. The summed E-state index contributed by atoms with van der Waals surface area (Å²) >= 11 is 0. The molecule has 0 aromatic rings. The Hall–Kier alpha value is -1.14. The molecular formula is C6H12O6. The highest BCUT2D eigenvalue weighted by Crippen LogP contribution is 1.73. The zero-order valence-electron chi connectivity index (χ0n) is 6.76. The average Bonchev–Trinajstić information content (AvgIpc) is 1.88. The van der Waals surface area contributed by atoms with Crippen LogP contribution in [0.4, 0.5) is 0 Å². The monoisotopic (exact) mass is 180 g/mol. The number of carboxylic acid groups (broad SMARTS) is 2. The first-order chi connectivity index (χ1) is 5.29. The van der Waals surface area contributed by atoms with Crippen molar-refractivity contribution in [3.8, 4) is 0 Å². The van der Waals surface area contributed by atoms with Crippen LogP contribution in [0.15, 0.2) is 0 Å². The van der Waals surface area contributed by atoms with Crippen LogP contribution in [0.1, 0.15) is 13.8 Å². The van der Waals surface area contributed by atoms with Gasteiger partial charge >= 0.3 is 11.9 Å². The highest BCUT2D eigenvalue weighted by atomic mass is 16.4. The Morgan fingerprint density at radius 3 is 1.00 bits per heavy atom. The molecule has 0 aliphatic carbocycles. The molecule has 0 bridgehead atoms. The molecule has 0 saturated carbocycles. The van der Waals surface area contributed by atoms with Gasteiger partial charge in [-0.2, -0.15) is 0 Å². The van der Waals surface area contributed by atoms with Gasteiger partial charge in [-0.05, 0) is 13.8 Å². The highest BCUT2D eigenvalue weighted by Gasteiger charge is 2.01. The third-order valence-corrected chi connectivity index (χ3v) is 0.715. The minimum absolute atomic E-state index is 1.19. The Labute approximate surface area is 69.1 Å². The zero-order chi connectivity index (χ0) is 10.3. The van der Waals surface area contributed by atoms with E-state index < -0.39 is 24.1 Å². The van der Waals surface area contributed by atoms with Crippen molar-refractivity contribution in [1.29, 1.82) is 0 Å². The topological polar surface area (TPSA) is 115 Å². The molecule has 4 N–H and O–H groups in total. The Morgan fingerprint density at radius 2 is 1.00 bits per heavy atom. The predicted octanol–water partition coefficient (Wildman–Crippen LogP) is -1.10. The third kappa shape index (κ3) is 11.6. The Balaban J connectivity index is 0. The van der Waals surface area contributed by atoms with Crippen molar-refractivity contribution >= 4 is 11.9 Å². The molecule has 0 fully saturated rings. The van der Waals surface area contributed by atoms with E-state index in [0.717, 1.165) is 0 Å². The number of aliphatic hydroxyl groups is 2. The molecule has 0 aromatic heterocycles. The van der Waals surface area contributed by atoms with Crippen molar-refractivity contribution < 1.29 is 30.0 Å². The lowest BCUT2D eigenvalue weighted by atomic mass is 10.4. The zero-order valence-corrected chi connectivity index (χ0v) is 6.76. The number of carboxylic acids is 2. The quantitative estimate of drug-likeness (QED) is 0.429. The second-order valence-corrected chi connectivity index (χ2v) is 2.03. The minimum atomic E-state index is -1.23. The molecule has 0 rings (SSSR count). The Kier molecular flexibility index (Phi) is 7.36. The van der Waals surface area contributed by atoms with Crippen LogP contribution in [0, 0.1) is 0 Å². The molecule has 2 atom stereocenters. The summed E-state index contributed by atoms with van der Waals surface area (Å²) in [7, 11) is 0. The summed E-state index contributed by atoms with van der Waals surface area (Å²) < 4.78 is 0. The Bertz CT molecular complexity index is 132. The van der Waals surface area contributed by atoms with Gasteiger partial charge in [0.15, 0.2) is 0 Å². The molecule has 0 aliphatic rings. The Morgan fingerprint density at radius 1 is 0.917 bits per heavy atom. The fraction of sp³-hybridized carbons (Fsp3) is 0.667. The minimum Gasteiger partial charge on any atom is -0.479 e. The lowest BCUT2D eigenvalue weighted by Crippen LogP contribution is -2.13. The van der Waals surface area contributed by atoms with Crippen LogP contribution in [0.3, 0.4) is 0 Å². The van der Waals surface area contributed by atoms with Crippen molar-refractivity contribution in [2.75, 3.05) is 0 Å². The molecule has 0 aromatic carbocycles. The number of rotatable bonds is 2. The van der Waals surface area contributed by atoms with Crippen molar-refractivity contribution in [2.45, 2.75) is 26.1 Å². The van der Waals surface area contributed by atoms with E-state index in [2.05, 4.69) is 0 Å². The van der Waals surface area contributed by atoms with Crippen LogP contribution in [-0.4, -0.2) is 44.6 Å². The number of carbonyl (C=O) groups is 2. The molecule has 0 spiro atoms. The molecule has 0 heterocycles. The summed E-state index contributed by atoms with van der Waals surface area (Å²) in [5.41, 5.74) is 0. The summed E-state index contributed by atoms with van der Waals surface area (Å²) in [6.07, 6.45) is -2.46. The lowest BCUT2D eigenvalue weighted by molar-refractivity contribution is -0.146. The van der Waals surface area contributed by atoms with Gasteiger partial charge in [0, 0.05) is 0 Å². The fourth-order valence-electron chi connectivity index (χ4n) is 0. The first kappa shape index (κ1) is 13.4.